The van der Waals surface area contributed by atoms with Crippen LogP contribution in [0, 0.1) is 11.2 Å². The number of hydrogen-bond donors (Lipinski definition) is 0. The Balaban J connectivity index is 1.78. The van der Waals surface area contributed by atoms with Gasteiger partial charge in [-0.2, -0.15) is 27.3 Å². The molecule has 4 heterocycles. The number of thiazole rings is 1. The minimum absolute atomic E-state index is 0.0661. The third kappa shape index (κ3) is 5.68. The molecule has 0 bridgehead atoms. The number of halogens is 5. The average molecular weight is 579 g/mol. The number of hydrogen-bond acceptors (Lipinski definition) is 7. The second-order valence-electron chi connectivity index (χ2n) is 9.57. The Morgan fingerprint density at radius 1 is 1.24 bits per heavy atom. The first-order valence-corrected chi connectivity index (χ1v) is 13.4. The number of piperidine rings is 1. The van der Waals surface area contributed by atoms with E-state index in [1.165, 1.54) is 43.0 Å². The number of thiophene rings is 1. The van der Waals surface area contributed by atoms with Gasteiger partial charge in [-0.05, 0) is 25.0 Å². The highest BCUT2D eigenvalue weighted by Gasteiger charge is 2.54. The molecule has 3 aromatic rings. The number of amides is 1. The average Bonchev–Trinajstić information content (AvgIpc) is 3.56. The van der Waals surface area contributed by atoms with E-state index in [1.54, 1.807) is 12.1 Å². The minimum atomic E-state index is -4.87. The fourth-order valence-electron chi connectivity index (χ4n) is 4.24. The maximum atomic E-state index is 15.8. The topological polar surface area (TPSA) is 77.3 Å². The van der Waals surface area contributed by atoms with Gasteiger partial charge < -0.3 is 9.64 Å². The number of aromatic nitrogens is 3. The molecule has 2 unspecified atom stereocenters. The second-order valence-corrected chi connectivity index (χ2v) is 12.1. The van der Waals surface area contributed by atoms with Crippen LogP contribution in [0.15, 0.2) is 23.0 Å². The van der Waals surface area contributed by atoms with Crippen molar-refractivity contribution in [3.05, 3.63) is 49.4 Å². The van der Waals surface area contributed by atoms with Crippen LogP contribution in [0.3, 0.4) is 0 Å². The molecule has 14 heteroatoms. The minimum Gasteiger partial charge on any atom is -0.470 e. The predicted molar refractivity (Wildman–Crippen MR) is 131 cm³/mol. The van der Waals surface area contributed by atoms with Gasteiger partial charge in [-0.25, -0.2) is 4.98 Å². The molecule has 0 N–H and O–H groups in total. The molecule has 2 atom stereocenters. The van der Waals surface area contributed by atoms with Crippen LogP contribution in [0.1, 0.15) is 60.6 Å². The van der Waals surface area contributed by atoms with Crippen molar-refractivity contribution in [2.75, 3.05) is 6.54 Å². The summed E-state index contributed by atoms with van der Waals surface area (Å²) in [5.41, 5.74) is -0.348. The molecule has 37 heavy (non-hydrogen) atoms. The van der Waals surface area contributed by atoms with Crippen LogP contribution < -0.4 is 4.74 Å². The molecule has 1 saturated heterocycles. The zero-order valence-corrected chi connectivity index (χ0v) is 22.4. The van der Waals surface area contributed by atoms with Gasteiger partial charge in [0.05, 0.1) is 9.85 Å². The second kappa shape index (κ2) is 10.3. The van der Waals surface area contributed by atoms with Crippen LogP contribution >= 0.6 is 34.3 Å². The summed E-state index contributed by atoms with van der Waals surface area (Å²) in [4.78, 5) is 31.3. The molecule has 0 saturated carbocycles. The lowest BCUT2D eigenvalue weighted by Gasteiger charge is -2.43. The van der Waals surface area contributed by atoms with Crippen molar-refractivity contribution < 1.29 is 31.9 Å². The van der Waals surface area contributed by atoms with Crippen LogP contribution in [0.2, 0.25) is 4.34 Å². The van der Waals surface area contributed by atoms with Crippen LogP contribution in [-0.2, 0) is 11.4 Å². The molecule has 1 fully saturated rings. The molecule has 0 aliphatic carbocycles. The lowest BCUT2D eigenvalue weighted by molar-refractivity contribution is -0.204. The normalized spacial score (nSPS) is 18.8. The highest BCUT2D eigenvalue weighted by molar-refractivity contribution is 7.16. The number of rotatable bonds is 5. The number of nitrogens with zero attached hydrogens (tertiary/aromatic N) is 4. The zero-order chi connectivity index (χ0) is 27.1. The highest BCUT2D eigenvalue weighted by atomic mass is 35.5. The molecule has 200 valence electrons. The lowest BCUT2D eigenvalue weighted by Crippen LogP contribution is -2.57. The van der Waals surface area contributed by atoms with E-state index in [0.717, 1.165) is 16.2 Å². The number of carbonyl (C=O) groups is 2. The molecule has 0 radical (unpaired) electrons. The van der Waals surface area contributed by atoms with E-state index in [9.17, 15) is 22.8 Å². The Labute approximate surface area is 223 Å². The first kappa shape index (κ1) is 27.5. The van der Waals surface area contributed by atoms with Gasteiger partial charge in [0.1, 0.15) is 24.0 Å². The molecule has 1 amide bonds. The molecular weight excluding hydrogens is 556 g/mol. The quantitative estimate of drug-likeness (QED) is 0.340. The van der Waals surface area contributed by atoms with Crippen LogP contribution in [-0.4, -0.2) is 50.2 Å². The van der Waals surface area contributed by atoms with E-state index in [4.69, 9.17) is 16.3 Å². The Morgan fingerprint density at radius 2 is 1.97 bits per heavy atom. The first-order chi connectivity index (χ1) is 17.3. The first-order valence-electron chi connectivity index (χ1n) is 11.2. The van der Waals surface area contributed by atoms with Gasteiger partial charge in [-0.3, -0.25) is 9.59 Å². The Bertz CT molecular complexity index is 1280. The maximum absolute atomic E-state index is 15.8. The van der Waals surface area contributed by atoms with Gasteiger partial charge in [-0.1, -0.05) is 32.4 Å². The van der Waals surface area contributed by atoms with Crippen molar-refractivity contribution in [1.29, 1.82) is 0 Å². The van der Waals surface area contributed by atoms with Gasteiger partial charge >= 0.3 is 12.1 Å². The maximum Gasteiger partial charge on any atom is 0.409 e. The lowest BCUT2D eigenvalue weighted by atomic mass is 9.83. The molecule has 0 spiro atoms. The summed E-state index contributed by atoms with van der Waals surface area (Å²) in [5, 5.41) is 5.41. The largest absolute Gasteiger partial charge is 0.470 e. The van der Waals surface area contributed by atoms with Gasteiger partial charge in [0, 0.05) is 28.1 Å². The van der Waals surface area contributed by atoms with Crippen molar-refractivity contribution in [2.24, 2.45) is 5.41 Å². The molecular formula is C23H23ClF4N4O3S2. The predicted octanol–water partition coefficient (Wildman–Crippen LogP) is 6.14. The van der Waals surface area contributed by atoms with Gasteiger partial charge in [0.15, 0.2) is 0 Å². The number of alkyl halides is 3. The Kier molecular flexibility index (Phi) is 7.69. The van der Waals surface area contributed by atoms with Gasteiger partial charge in [0.2, 0.25) is 11.7 Å². The molecule has 0 aromatic carbocycles. The standard InChI is InChI=1S/C23H23ClF4N4O3S2/c1-22(2,3)21(34)31-8-4-5-13(18(31)23(26,27)28)17-16(25)20(35-9-12-6-7-15(24)37-12)32(30-17)19(33)14-10-36-11-29-14/h6-7,10-11,13,18H,4-5,8-9H2,1-3H3. The summed E-state index contributed by atoms with van der Waals surface area (Å²) in [6.07, 6.45) is -4.75. The third-order valence-electron chi connectivity index (χ3n) is 5.86. The van der Waals surface area contributed by atoms with Crippen molar-refractivity contribution in [3.8, 4) is 5.88 Å². The monoisotopic (exact) mass is 578 g/mol. The van der Waals surface area contributed by atoms with Crippen molar-refractivity contribution in [2.45, 2.75) is 58.4 Å². The summed E-state index contributed by atoms with van der Waals surface area (Å²) in [6.45, 7) is 4.26. The SMILES string of the molecule is CC(C)(C)C(=O)N1CCCC(c2nn(C(=O)c3cscn3)c(OCc3ccc(Cl)s3)c2F)C1C(F)(F)F. The molecule has 7 nitrogen and oxygen atoms in total. The molecule has 1 aliphatic heterocycles. The van der Waals surface area contributed by atoms with Gasteiger partial charge in [-0.15, -0.1) is 22.7 Å². The van der Waals surface area contributed by atoms with Crippen LogP contribution in [0.25, 0.3) is 0 Å². The summed E-state index contributed by atoms with van der Waals surface area (Å²) >= 11 is 8.22. The molecule has 1 aliphatic rings. The summed E-state index contributed by atoms with van der Waals surface area (Å²) in [6, 6.07) is 0.941. The number of ether oxygens (including phenoxy) is 1. The Hall–Kier alpha value is -2.51. The van der Waals surface area contributed by atoms with Crippen molar-refractivity contribution in [3.63, 3.8) is 0 Å². The van der Waals surface area contributed by atoms with Crippen molar-refractivity contribution in [1.82, 2.24) is 19.7 Å². The smallest absolute Gasteiger partial charge is 0.409 e. The van der Waals surface area contributed by atoms with E-state index < -0.39 is 52.8 Å². The highest BCUT2D eigenvalue weighted by Crippen LogP contribution is 2.44. The Morgan fingerprint density at radius 3 is 2.54 bits per heavy atom. The van der Waals surface area contributed by atoms with E-state index in [1.807, 2.05) is 0 Å². The van der Waals surface area contributed by atoms with E-state index >= 15 is 4.39 Å². The summed E-state index contributed by atoms with van der Waals surface area (Å²) in [5.74, 6) is -4.91. The van der Waals surface area contributed by atoms with E-state index in [-0.39, 0.29) is 31.7 Å². The molecule has 3 aromatic heterocycles. The van der Waals surface area contributed by atoms with Crippen molar-refractivity contribution >= 4 is 46.1 Å². The van der Waals surface area contributed by atoms with Gasteiger partial charge in [0.25, 0.3) is 5.88 Å². The third-order valence-corrected chi connectivity index (χ3v) is 7.65. The summed E-state index contributed by atoms with van der Waals surface area (Å²) < 4.78 is 65.7. The fourth-order valence-corrected chi connectivity index (χ4v) is 5.77. The summed E-state index contributed by atoms with van der Waals surface area (Å²) in [7, 11) is 0. The number of carbonyl (C=O) groups excluding carboxylic acids is 2. The van der Waals surface area contributed by atoms with E-state index in [2.05, 4.69) is 10.1 Å². The van der Waals surface area contributed by atoms with Crippen LogP contribution in [0.4, 0.5) is 17.6 Å². The number of likely N-dealkylation sites (tertiary alicyclic amines) is 1. The fraction of sp³-hybridized carbons (Fsp3) is 0.478. The molecule has 4 rings (SSSR count). The van der Waals surface area contributed by atoms with Crippen LogP contribution in [0.5, 0.6) is 5.88 Å². The van der Waals surface area contributed by atoms with E-state index in [0.29, 0.717) is 13.9 Å². The zero-order valence-electron chi connectivity index (χ0n) is 20.0.